The molecule has 1 N–H and O–H groups in total. The van der Waals surface area contributed by atoms with Gasteiger partial charge in [0.15, 0.2) is 0 Å². The van der Waals surface area contributed by atoms with E-state index in [1.807, 2.05) is 0 Å². The fourth-order valence-electron chi connectivity index (χ4n) is 2.16. The smallest absolute Gasteiger partial charge is 0.419 e. The summed E-state index contributed by atoms with van der Waals surface area (Å²) < 4.78 is 38.4. The van der Waals surface area contributed by atoms with Crippen LogP contribution in [0.15, 0.2) is 42.6 Å². The van der Waals surface area contributed by atoms with Gasteiger partial charge >= 0.3 is 6.18 Å². The van der Waals surface area contributed by atoms with Crippen LogP contribution in [-0.4, -0.2) is 10.1 Å². The van der Waals surface area contributed by atoms with Crippen molar-refractivity contribution in [3.63, 3.8) is 0 Å². The first kappa shape index (κ1) is 11.8. The molecule has 0 saturated carbocycles. The van der Waals surface area contributed by atoms with E-state index in [1.54, 1.807) is 24.3 Å². The van der Waals surface area contributed by atoms with Crippen molar-refractivity contribution in [3.8, 4) is 5.75 Å². The molecular weight excluding hydrogens is 255 g/mol. The number of aromatic nitrogens is 1. The Balaban J connectivity index is 2.50. The zero-order valence-corrected chi connectivity index (χ0v) is 9.57. The molecule has 3 aromatic rings. The van der Waals surface area contributed by atoms with Crippen LogP contribution < -0.4 is 0 Å². The van der Waals surface area contributed by atoms with Gasteiger partial charge in [0.25, 0.3) is 0 Å². The molecule has 1 aromatic heterocycles. The first-order valence-corrected chi connectivity index (χ1v) is 5.55. The second-order valence-corrected chi connectivity index (χ2v) is 4.20. The number of alkyl halides is 3. The van der Waals surface area contributed by atoms with E-state index < -0.39 is 17.5 Å². The standard InChI is InChI=1S/C14H8F3NO/c15-14(16,17)10-6-5-8-3-4-9-2-1-7-18-12(9)11(8)13(10)19/h1-7,19H. The van der Waals surface area contributed by atoms with Gasteiger partial charge in [-0.05, 0) is 17.5 Å². The van der Waals surface area contributed by atoms with Crippen molar-refractivity contribution in [3.05, 3.63) is 48.2 Å². The molecule has 0 spiro atoms. The Kier molecular flexibility index (Phi) is 2.38. The minimum Gasteiger partial charge on any atom is -0.507 e. The van der Waals surface area contributed by atoms with Gasteiger partial charge < -0.3 is 5.11 Å². The number of fused-ring (bicyclic) bond motifs is 3. The van der Waals surface area contributed by atoms with Crippen LogP contribution in [-0.2, 0) is 6.18 Å². The van der Waals surface area contributed by atoms with Crippen LogP contribution in [0.1, 0.15) is 5.56 Å². The lowest BCUT2D eigenvalue weighted by molar-refractivity contribution is -0.138. The predicted octanol–water partition coefficient (Wildman–Crippen LogP) is 4.11. The van der Waals surface area contributed by atoms with E-state index in [1.165, 1.54) is 12.3 Å². The Labute approximate surface area is 106 Å². The maximum absolute atomic E-state index is 12.8. The number of hydrogen-bond donors (Lipinski definition) is 1. The molecule has 0 atom stereocenters. The van der Waals surface area contributed by atoms with Crippen molar-refractivity contribution >= 4 is 21.7 Å². The summed E-state index contributed by atoms with van der Waals surface area (Å²) in [7, 11) is 0. The summed E-state index contributed by atoms with van der Waals surface area (Å²) in [5, 5.41) is 11.3. The highest BCUT2D eigenvalue weighted by atomic mass is 19.4. The lowest BCUT2D eigenvalue weighted by atomic mass is 10.0. The highest BCUT2D eigenvalue weighted by Crippen LogP contribution is 2.41. The van der Waals surface area contributed by atoms with Crippen LogP contribution in [0, 0.1) is 0 Å². The van der Waals surface area contributed by atoms with Gasteiger partial charge in [-0.1, -0.05) is 24.3 Å². The molecule has 1 heterocycles. The maximum Gasteiger partial charge on any atom is 0.419 e. The number of nitrogens with zero attached hydrogens (tertiary/aromatic N) is 1. The highest BCUT2D eigenvalue weighted by molar-refractivity contribution is 6.08. The zero-order valence-electron chi connectivity index (χ0n) is 9.57. The van der Waals surface area contributed by atoms with Crippen LogP contribution in [0.3, 0.4) is 0 Å². The van der Waals surface area contributed by atoms with Crippen LogP contribution in [0.25, 0.3) is 21.7 Å². The average molecular weight is 263 g/mol. The van der Waals surface area contributed by atoms with E-state index in [0.717, 1.165) is 6.07 Å². The number of hydrogen-bond acceptors (Lipinski definition) is 2. The van der Waals surface area contributed by atoms with Crippen molar-refractivity contribution in [2.24, 2.45) is 0 Å². The Bertz CT molecular complexity index is 781. The number of benzene rings is 2. The van der Waals surface area contributed by atoms with Crippen molar-refractivity contribution < 1.29 is 18.3 Å². The largest absolute Gasteiger partial charge is 0.507 e. The van der Waals surface area contributed by atoms with Crippen LogP contribution in [0.4, 0.5) is 13.2 Å². The molecule has 2 nitrogen and oxygen atoms in total. The van der Waals surface area contributed by atoms with Gasteiger partial charge in [-0.15, -0.1) is 0 Å². The number of halogens is 3. The SMILES string of the molecule is Oc1c(C(F)(F)F)ccc2ccc3cccnc3c12. The molecule has 5 heteroatoms. The minimum atomic E-state index is -4.59. The molecule has 2 aromatic carbocycles. The third-order valence-electron chi connectivity index (χ3n) is 3.03. The van der Waals surface area contributed by atoms with Gasteiger partial charge in [0.1, 0.15) is 5.75 Å². The Morgan fingerprint density at radius 2 is 1.63 bits per heavy atom. The lowest BCUT2D eigenvalue weighted by Crippen LogP contribution is -2.05. The van der Waals surface area contributed by atoms with Gasteiger partial charge in [-0.3, -0.25) is 4.98 Å². The molecule has 0 radical (unpaired) electrons. The molecule has 96 valence electrons. The van der Waals surface area contributed by atoms with Gasteiger partial charge in [-0.25, -0.2) is 0 Å². The van der Waals surface area contributed by atoms with E-state index in [9.17, 15) is 18.3 Å². The molecule has 0 fully saturated rings. The highest BCUT2D eigenvalue weighted by Gasteiger charge is 2.34. The molecule has 0 aliphatic carbocycles. The summed E-state index contributed by atoms with van der Waals surface area (Å²) in [4.78, 5) is 4.07. The summed E-state index contributed by atoms with van der Waals surface area (Å²) in [6, 6.07) is 9.08. The van der Waals surface area contributed by atoms with Gasteiger partial charge in [-0.2, -0.15) is 13.2 Å². The minimum absolute atomic E-state index is 0.132. The zero-order chi connectivity index (χ0) is 13.6. The third-order valence-corrected chi connectivity index (χ3v) is 3.03. The predicted molar refractivity (Wildman–Crippen MR) is 65.9 cm³/mol. The number of phenolic OH excluding ortho intramolecular Hbond substituents is 1. The molecule has 3 rings (SSSR count). The fourth-order valence-corrected chi connectivity index (χ4v) is 2.16. The Morgan fingerprint density at radius 3 is 2.37 bits per heavy atom. The molecule has 0 saturated heterocycles. The molecule has 0 aliphatic heterocycles. The van der Waals surface area contributed by atoms with E-state index in [4.69, 9.17) is 0 Å². The van der Waals surface area contributed by atoms with Gasteiger partial charge in [0.05, 0.1) is 16.5 Å². The molecule has 0 aliphatic rings. The van der Waals surface area contributed by atoms with Gasteiger partial charge in [0.2, 0.25) is 0 Å². The summed E-state index contributed by atoms with van der Waals surface area (Å²) in [5.74, 6) is -0.769. The maximum atomic E-state index is 12.8. The first-order valence-electron chi connectivity index (χ1n) is 5.55. The van der Waals surface area contributed by atoms with E-state index in [2.05, 4.69) is 4.98 Å². The monoisotopic (exact) mass is 263 g/mol. The van der Waals surface area contributed by atoms with Crippen molar-refractivity contribution in [2.75, 3.05) is 0 Å². The van der Waals surface area contributed by atoms with E-state index >= 15 is 0 Å². The number of pyridine rings is 1. The Hall–Kier alpha value is -2.30. The van der Waals surface area contributed by atoms with Crippen molar-refractivity contribution in [2.45, 2.75) is 6.18 Å². The second-order valence-electron chi connectivity index (χ2n) is 4.20. The van der Waals surface area contributed by atoms with Gasteiger partial charge in [0, 0.05) is 11.6 Å². The first-order chi connectivity index (χ1) is 8.98. The molecule has 0 unspecified atom stereocenters. The summed E-state index contributed by atoms with van der Waals surface area (Å²) in [6.07, 6.45) is -3.10. The number of aromatic hydroxyl groups is 1. The number of rotatable bonds is 0. The summed E-state index contributed by atoms with van der Waals surface area (Å²) >= 11 is 0. The molecule has 0 bridgehead atoms. The quantitative estimate of drug-likeness (QED) is 0.619. The topological polar surface area (TPSA) is 33.1 Å². The van der Waals surface area contributed by atoms with Crippen molar-refractivity contribution in [1.29, 1.82) is 0 Å². The fraction of sp³-hybridized carbons (Fsp3) is 0.0714. The lowest BCUT2D eigenvalue weighted by Gasteiger charge is -2.12. The molecular formula is C14H8F3NO. The van der Waals surface area contributed by atoms with Crippen LogP contribution in [0.5, 0.6) is 5.75 Å². The molecule has 19 heavy (non-hydrogen) atoms. The normalized spacial score (nSPS) is 12.2. The van der Waals surface area contributed by atoms with Crippen molar-refractivity contribution in [1.82, 2.24) is 4.98 Å². The molecule has 0 amide bonds. The number of phenols is 1. The van der Waals surface area contributed by atoms with E-state index in [-0.39, 0.29) is 5.39 Å². The summed E-state index contributed by atoms with van der Waals surface area (Å²) in [5.41, 5.74) is -0.679. The Morgan fingerprint density at radius 1 is 0.947 bits per heavy atom. The van der Waals surface area contributed by atoms with Crippen LogP contribution >= 0.6 is 0 Å². The third kappa shape index (κ3) is 1.78. The second kappa shape index (κ2) is 3.85. The van der Waals surface area contributed by atoms with E-state index in [0.29, 0.717) is 16.3 Å². The van der Waals surface area contributed by atoms with Crippen LogP contribution in [0.2, 0.25) is 0 Å². The average Bonchev–Trinajstić information content (AvgIpc) is 2.37. The summed E-state index contributed by atoms with van der Waals surface area (Å²) in [6.45, 7) is 0.